The molecule has 2 heteroatoms. The molecule has 4 aliphatic rings. The van der Waals surface area contributed by atoms with Crippen LogP contribution in [0.2, 0.25) is 0 Å². The Morgan fingerprint density at radius 2 is 1.62 bits per heavy atom. The zero-order chi connectivity index (χ0) is 14.3. The standard InChI is InChI=1S/C19H27NO/c21-19(17-8-4-5-9-17,16-6-2-1-3-7-16)18-14-20-12-10-15(18)11-13-20/h1-3,6-7,15,17-18,21H,4-5,8-14H2/t18-,19-/m1/s1. The first-order chi connectivity index (χ1) is 10.3. The van der Waals surface area contributed by atoms with Gasteiger partial charge in [-0.3, -0.25) is 0 Å². The number of aliphatic hydroxyl groups is 1. The number of hydrogen-bond donors (Lipinski definition) is 1. The van der Waals surface area contributed by atoms with E-state index in [4.69, 9.17) is 0 Å². The summed E-state index contributed by atoms with van der Waals surface area (Å²) in [5.41, 5.74) is 0.581. The predicted octanol–water partition coefficient (Wildman–Crippen LogP) is 3.41. The first-order valence-corrected chi connectivity index (χ1v) is 8.78. The maximum Gasteiger partial charge on any atom is 0.0967 e. The van der Waals surface area contributed by atoms with Crippen LogP contribution in [0.5, 0.6) is 0 Å². The molecular weight excluding hydrogens is 258 g/mol. The van der Waals surface area contributed by atoms with E-state index in [1.54, 1.807) is 0 Å². The molecule has 2 atom stereocenters. The quantitative estimate of drug-likeness (QED) is 0.920. The Hall–Kier alpha value is -0.860. The molecule has 2 nitrogen and oxygen atoms in total. The molecule has 1 aromatic carbocycles. The highest BCUT2D eigenvalue weighted by atomic mass is 16.3. The second-order valence-electron chi connectivity index (χ2n) is 7.42. The van der Waals surface area contributed by atoms with E-state index in [9.17, 15) is 5.11 Å². The van der Waals surface area contributed by atoms with Crippen LogP contribution in [-0.4, -0.2) is 29.6 Å². The Morgan fingerprint density at radius 3 is 2.19 bits per heavy atom. The molecule has 2 bridgehead atoms. The highest BCUT2D eigenvalue weighted by Gasteiger charge is 2.51. The van der Waals surface area contributed by atoms with Gasteiger partial charge in [0.15, 0.2) is 0 Å². The summed E-state index contributed by atoms with van der Waals surface area (Å²) < 4.78 is 0. The van der Waals surface area contributed by atoms with Crippen LogP contribution >= 0.6 is 0 Å². The highest BCUT2D eigenvalue weighted by Crippen LogP contribution is 2.51. The van der Waals surface area contributed by atoms with Crippen LogP contribution in [0.15, 0.2) is 30.3 Å². The molecule has 0 unspecified atom stereocenters. The van der Waals surface area contributed by atoms with E-state index in [-0.39, 0.29) is 0 Å². The molecule has 0 spiro atoms. The summed E-state index contributed by atoms with van der Waals surface area (Å²) in [5.74, 6) is 1.62. The molecule has 0 aromatic heterocycles. The van der Waals surface area contributed by atoms with Crippen LogP contribution in [0, 0.1) is 17.8 Å². The van der Waals surface area contributed by atoms with Gasteiger partial charge in [0.1, 0.15) is 0 Å². The Labute approximate surface area is 128 Å². The third-order valence-corrected chi connectivity index (χ3v) is 6.44. The Balaban J connectivity index is 1.73. The smallest absolute Gasteiger partial charge is 0.0967 e. The lowest BCUT2D eigenvalue weighted by Crippen LogP contribution is -2.57. The van der Waals surface area contributed by atoms with Gasteiger partial charge in [0, 0.05) is 12.5 Å². The molecule has 4 fully saturated rings. The Bertz CT molecular complexity index is 474. The topological polar surface area (TPSA) is 23.5 Å². The lowest BCUT2D eigenvalue weighted by atomic mass is 9.63. The fraction of sp³-hybridized carbons (Fsp3) is 0.684. The fourth-order valence-electron chi connectivity index (χ4n) is 5.29. The number of benzene rings is 1. The Morgan fingerprint density at radius 1 is 0.952 bits per heavy atom. The molecule has 1 aliphatic carbocycles. The molecular formula is C19H27NO. The molecule has 21 heavy (non-hydrogen) atoms. The molecule has 1 saturated carbocycles. The van der Waals surface area contributed by atoms with E-state index in [0.717, 1.165) is 12.5 Å². The van der Waals surface area contributed by atoms with E-state index >= 15 is 0 Å². The first kappa shape index (κ1) is 13.8. The number of fused-ring (bicyclic) bond motifs is 3. The zero-order valence-electron chi connectivity index (χ0n) is 12.9. The SMILES string of the molecule is O[C@](c1ccccc1)(C1CCCC1)[C@@H]1CN2CCC1CC2. The summed E-state index contributed by atoms with van der Waals surface area (Å²) in [4.78, 5) is 2.58. The number of rotatable bonds is 3. The number of piperidine rings is 3. The first-order valence-electron chi connectivity index (χ1n) is 8.78. The molecule has 5 rings (SSSR count). The van der Waals surface area contributed by atoms with Crippen LogP contribution < -0.4 is 0 Å². The van der Waals surface area contributed by atoms with Gasteiger partial charge in [0.2, 0.25) is 0 Å². The summed E-state index contributed by atoms with van der Waals surface area (Å²) >= 11 is 0. The van der Waals surface area contributed by atoms with Gasteiger partial charge >= 0.3 is 0 Å². The maximum atomic E-state index is 11.9. The molecule has 114 valence electrons. The Kier molecular flexibility index (Phi) is 3.55. The van der Waals surface area contributed by atoms with Crippen LogP contribution in [-0.2, 0) is 5.60 Å². The molecule has 1 aromatic rings. The van der Waals surface area contributed by atoms with Crippen LogP contribution in [0.1, 0.15) is 44.1 Å². The van der Waals surface area contributed by atoms with Gasteiger partial charge in [-0.15, -0.1) is 0 Å². The summed E-state index contributed by atoms with van der Waals surface area (Å²) in [6.07, 6.45) is 7.56. The van der Waals surface area contributed by atoms with Gasteiger partial charge in [0.05, 0.1) is 5.60 Å². The van der Waals surface area contributed by atoms with Crippen molar-refractivity contribution in [2.45, 2.75) is 44.1 Å². The molecule has 1 N–H and O–H groups in total. The van der Waals surface area contributed by atoms with Crippen LogP contribution in [0.4, 0.5) is 0 Å². The van der Waals surface area contributed by atoms with Crippen molar-refractivity contribution in [3.8, 4) is 0 Å². The van der Waals surface area contributed by atoms with Crippen LogP contribution in [0.3, 0.4) is 0 Å². The van der Waals surface area contributed by atoms with E-state index < -0.39 is 5.60 Å². The van der Waals surface area contributed by atoms with Gasteiger partial charge in [-0.05, 0) is 56.2 Å². The predicted molar refractivity (Wildman–Crippen MR) is 85.0 cm³/mol. The van der Waals surface area contributed by atoms with Crippen LogP contribution in [0.25, 0.3) is 0 Å². The van der Waals surface area contributed by atoms with Crippen molar-refractivity contribution >= 4 is 0 Å². The number of nitrogens with zero attached hydrogens (tertiary/aromatic N) is 1. The minimum atomic E-state index is -0.596. The largest absolute Gasteiger partial charge is 0.385 e. The van der Waals surface area contributed by atoms with E-state index in [2.05, 4.69) is 35.2 Å². The summed E-state index contributed by atoms with van der Waals surface area (Å²) in [6, 6.07) is 10.6. The minimum absolute atomic E-state index is 0.436. The minimum Gasteiger partial charge on any atom is -0.385 e. The average Bonchev–Trinajstić information content (AvgIpc) is 3.11. The zero-order valence-corrected chi connectivity index (χ0v) is 12.9. The van der Waals surface area contributed by atoms with Gasteiger partial charge in [-0.25, -0.2) is 0 Å². The second-order valence-corrected chi connectivity index (χ2v) is 7.42. The van der Waals surface area contributed by atoms with E-state index in [1.807, 2.05) is 0 Å². The van der Waals surface area contributed by atoms with Crippen molar-refractivity contribution < 1.29 is 5.11 Å². The van der Waals surface area contributed by atoms with Crippen molar-refractivity contribution in [1.29, 1.82) is 0 Å². The van der Waals surface area contributed by atoms with E-state index in [1.165, 1.54) is 57.2 Å². The van der Waals surface area contributed by atoms with Gasteiger partial charge < -0.3 is 10.0 Å². The fourth-order valence-corrected chi connectivity index (χ4v) is 5.29. The summed E-state index contributed by atoms with van der Waals surface area (Å²) in [7, 11) is 0. The monoisotopic (exact) mass is 285 g/mol. The number of hydrogen-bond acceptors (Lipinski definition) is 2. The second kappa shape index (κ2) is 5.40. The molecule has 0 amide bonds. The highest BCUT2D eigenvalue weighted by molar-refractivity contribution is 5.26. The molecule has 3 saturated heterocycles. The van der Waals surface area contributed by atoms with E-state index in [0.29, 0.717) is 11.8 Å². The maximum absolute atomic E-state index is 11.9. The molecule has 3 heterocycles. The van der Waals surface area contributed by atoms with Gasteiger partial charge in [0.25, 0.3) is 0 Å². The average molecular weight is 285 g/mol. The van der Waals surface area contributed by atoms with Crippen molar-refractivity contribution in [3.05, 3.63) is 35.9 Å². The third kappa shape index (κ3) is 2.24. The van der Waals surface area contributed by atoms with Crippen molar-refractivity contribution in [1.82, 2.24) is 4.90 Å². The lowest BCUT2D eigenvalue weighted by Gasteiger charge is -2.53. The summed E-state index contributed by atoms with van der Waals surface area (Å²) in [5, 5.41) is 11.9. The normalized spacial score (nSPS) is 35.8. The van der Waals surface area contributed by atoms with Crippen molar-refractivity contribution in [3.63, 3.8) is 0 Å². The van der Waals surface area contributed by atoms with Crippen molar-refractivity contribution in [2.75, 3.05) is 19.6 Å². The van der Waals surface area contributed by atoms with Crippen molar-refractivity contribution in [2.24, 2.45) is 17.8 Å². The molecule has 3 aliphatic heterocycles. The summed E-state index contributed by atoms with van der Waals surface area (Å²) in [6.45, 7) is 3.60. The third-order valence-electron chi connectivity index (χ3n) is 6.44. The van der Waals surface area contributed by atoms with Gasteiger partial charge in [-0.2, -0.15) is 0 Å². The van der Waals surface area contributed by atoms with Gasteiger partial charge in [-0.1, -0.05) is 43.2 Å². The lowest BCUT2D eigenvalue weighted by molar-refractivity contribution is -0.135. The molecule has 0 radical (unpaired) electrons.